The second-order valence-electron chi connectivity index (χ2n) is 5.19. The first-order chi connectivity index (χ1) is 10.7. The van der Waals surface area contributed by atoms with E-state index in [1.54, 1.807) is 0 Å². The predicted octanol–water partition coefficient (Wildman–Crippen LogP) is 4.96. The number of aryl methyl sites for hydroxylation is 1. The zero-order valence-corrected chi connectivity index (χ0v) is 13.9. The van der Waals surface area contributed by atoms with E-state index in [4.69, 9.17) is 16.3 Å². The van der Waals surface area contributed by atoms with Crippen LogP contribution in [0, 0.1) is 6.92 Å². The highest BCUT2D eigenvalue weighted by Gasteiger charge is 1.99. The van der Waals surface area contributed by atoms with Crippen molar-refractivity contribution in [1.29, 1.82) is 0 Å². The Hall–Kier alpha value is -1.87. The third kappa shape index (κ3) is 5.15. The SMILES string of the molecule is CCCOc1ccc(NCCNc2cc(Cl)ccc2C)cc1. The molecule has 0 fully saturated rings. The van der Waals surface area contributed by atoms with E-state index in [1.165, 1.54) is 5.56 Å². The molecule has 0 aromatic heterocycles. The maximum atomic E-state index is 6.01. The van der Waals surface area contributed by atoms with Gasteiger partial charge in [-0.25, -0.2) is 0 Å². The Morgan fingerprint density at radius 1 is 1.00 bits per heavy atom. The minimum atomic E-state index is 0.753. The smallest absolute Gasteiger partial charge is 0.119 e. The van der Waals surface area contributed by atoms with Crippen molar-refractivity contribution >= 4 is 23.0 Å². The standard InChI is InChI=1S/C18H23ClN2O/c1-3-12-22-17-8-6-16(7-9-17)20-10-11-21-18-13-15(19)5-4-14(18)2/h4-9,13,20-21H,3,10-12H2,1-2H3. The Morgan fingerprint density at radius 2 is 1.73 bits per heavy atom. The molecule has 0 saturated carbocycles. The summed E-state index contributed by atoms with van der Waals surface area (Å²) in [4.78, 5) is 0. The Kier molecular flexibility index (Phi) is 6.41. The van der Waals surface area contributed by atoms with Crippen molar-refractivity contribution in [3.63, 3.8) is 0 Å². The molecule has 0 aliphatic heterocycles. The van der Waals surface area contributed by atoms with Gasteiger partial charge in [0.2, 0.25) is 0 Å². The molecule has 118 valence electrons. The minimum absolute atomic E-state index is 0.753. The van der Waals surface area contributed by atoms with Crippen LogP contribution in [0.25, 0.3) is 0 Å². The number of ether oxygens (including phenoxy) is 1. The van der Waals surface area contributed by atoms with Gasteiger partial charge in [0, 0.05) is 29.5 Å². The average molecular weight is 319 g/mol. The van der Waals surface area contributed by atoms with Gasteiger partial charge in [0.25, 0.3) is 0 Å². The molecular formula is C18H23ClN2O. The molecule has 0 spiro atoms. The first-order valence-corrected chi connectivity index (χ1v) is 8.03. The highest BCUT2D eigenvalue weighted by molar-refractivity contribution is 6.30. The fourth-order valence-corrected chi connectivity index (χ4v) is 2.25. The lowest BCUT2D eigenvalue weighted by atomic mass is 10.2. The van der Waals surface area contributed by atoms with Gasteiger partial charge in [-0.15, -0.1) is 0 Å². The van der Waals surface area contributed by atoms with Crippen molar-refractivity contribution in [2.24, 2.45) is 0 Å². The van der Waals surface area contributed by atoms with Gasteiger partial charge in [0.05, 0.1) is 6.61 Å². The van der Waals surface area contributed by atoms with Crippen LogP contribution in [0.1, 0.15) is 18.9 Å². The molecule has 0 aliphatic carbocycles. The minimum Gasteiger partial charge on any atom is -0.494 e. The van der Waals surface area contributed by atoms with E-state index in [0.717, 1.165) is 48.3 Å². The lowest BCUT2D eigenvalue weighted by molar-refractivity contribution is 0.317. The summed E-state index contributed by atoms with van der Waals surface area (Å²) in [6.45, 7) is 6.59. The zero-order chi connectivity index (χ0) is 15.8. The van der Waals surface area contributed by atoms with Crippen LogP contribution in [0.4, 0.5) is 11.4 Å². The van der Waals surface area contributed by atoms with E-state index >= 15 is 0 Å². The van der Waals surface area contributed by atoms with Crippen LogP contribution >= 0.6 is 11.6 Å². The van der Waals surface area contributed by atoms with Gasteiger partial charge in [-0.05, 0) is 55.3 Å². The summed E-state index contributed by atoms with van der Waals surface area (Å²) in [5.41, 5.74) is 3.37. The molecule has 2 rings (SSSR count). The van der Waals surface area contributed by atoms with Crippen LogP contribution in [0.15, 0.2) is 42.5 Å². The summed E-state index contributed by atoms with van der Waals surface area (Å²) in [5.74, 6) is 0.917. The zero-order valence-electron chi connectivity index (χ0n) is 13.2. The molecule has 0 bridgehead atoms. The van der Waals surface area contributed by atoms with Crippen LogP contribution in [-0.2, 0) is 0 Å². The van der Waals surface area contributed by atoms with Crippen molar-refractivity contribution in [2.45, 2.75) is 20.3 Å². The summed E-state index contributed by atoms with van der Waals surface area (Å²) in [6.07, 6.45) is 1.02. The van der Waals surface area contributed by atoms with E-state index in [0.29, 0.717) is 0 Å². The van der Waals surface area contributed by atoms with Gasteiger partial charge >= 0.3 is 0 Å². The molecule has 2 N–H and O–H groups in total. The van der Waals surface area contributed by atoms with E-state index in [9.17, 15) is 0 Å². The molecule has 0 unspecified atom stereocenters. The molecule has 2 aromatic rings. The average Bonchev–Trinajstić information content (AvgIpc) is 2.54. The topological polar surface area (TPSA) is 33.3 Å². The number of hydrogen-bond acceptors (Lipinski definition) is 3. The summed E-state index contributed by atoms with van der Waals surface area (Å²) in [6, 6.07) is 13.9. The highest BCUT2D eigenvalue weighted by Crippen LogP contribution is 2.20. The Morgan fingerprint density at radius 3 is 2.45 bits per heavy atom. The highest BCUT2D eigenvalue weighted by atomic mass is 35.5. The summed E-state index contributed by atoms with van der Waals surface area (Å²) < 4.78 is 5.57. The fraction of sp³-hybridized carbons (Fsp3) is 0.333. The quantitative estimate of drug-likeness (QED) is 0.675. The van der Waals surface area contributed by atoms with Crippen molar-refractivity contribution in [3.05, 3.63) is 53.1 Å². The van der Waals surface area contributed by atoms with Gasteiger partial charge < -0.3 is 15.4 Å². The molecule has 0 heterocycles. The Labute approximate surface area is 137 Å². The number of benzene rings is 2. The molecule has 3 nitrogen and oxygen atoms in total. The molecule has 2 aromatic carbocycles. The van der Waals surface area contributed by atoms with Gasteiger partial charge in [0.15, 0.2) is 0 Å². The van der Waals surface area contributed by atoms with E-state index in [2.05, 4.69) is 24.5 Å². The van der Waals surface area contributed by atoms with E-state index < -0.39 is 0 Å². The van der Waals surface area contributed by atoms with Crippen LogP contribution in [0.5, 0.6) is 5.75 Å². The van der Waals surface area contributed by atoms with Gasteiger partial charge in [-0.3, -0.25) is 0 Å². The van der Waals surface area contributed by atoms with E-state index in [1.807, 2.05) is 42.5 Å². The summed E-state index contributed by atoms with van der Waals surface area (Å²) >= 11 is 6.01. The number of nitrogens with one attached hydrogen (secondary N) is 2. The van der Waals surface area contributed by atoms with Crippen LogP contribution < -0.4 is 15.4 Å². The summed E-state index contributed by atoms with van der Waals surface area (Å²) in [5, 5.41) is 7.53. The largest absolute Gasteiger partial charge is 0.494 e. The molecule has 0 atom stereocenters. The maximum Gasteiger partial charge on any atom is 0.119 e. The molecule has 0 radical (unpaired) electrons. The van der Waals surface area contributed by atoms with Gasteiger partial charge in [-0.1, -0.05) is 24.6 Å². The monoisotopic (exact) mass is 318 g/mol. The number of halogens is 1. The van der Waals surface area contributed by atoms with Crippen LogP contribution in [0.3, 0.4) is 0 Å². The normalized spacial score (nSPS) is 10.3. The predicted molar refractivity (Wildman–Crippen MR) is 95.4 cm³/mol. The van der Waals surface area contributed by atoms with Crippen molar-refractivity contribution < 1.29 is 4.74 Å². The Balaban J connectivity index is 1.75. The third-order valence-electron chi connectivity index (χ3n) is 3.30. The number of rotatable bonds is 8. The first-order valence-electron chi connectivity index (χ1n) is 7.66. The molecule has 4 heteroatoms. The van der Waals surface area contributed by atoms with Crippen molar-refractivity contribution in [2.75, 3.05) is 30.3 Å². The van der Waals surface area contributed by atoms with Gasteiger partial charge in [0.1, 0.15) is 5.75 Å². The second-order valence-corrected chi connectivity index (χ2v) is 5.62. The van der Waals surface area contributed by atoms with Crippen molar-refractivity contribution in [1.82, 2.24) is 0 Å². The number of hydrogen-bond donors (Lipinski definition) is 2. The molecule has 0 aliphatic rings. The molecule has 0 amide bonds. The van der Waals surface area contributed by atoms with Gasteiger partial charge in [-0.2, -0.15) is 0 Å². The van der Waals surface area contributed by atoms with Crippen LogP contribution in [-0.4, -0.2) is 19.7 Å². The van der Waals surface area contributed by atoms with Crippen molar-refractivity contribution in [3.8, 4) is 5.75 Å². The van der Waals surface area contributed by atoms with E-state index in [-0.39, 0.29) is 0 Å². The third-order valence-corrected chi connectivity index (χ3v) is 3.53. The molecule has 0 saturated heterocycles. The number of anilines is 2. The summed E-state index contributed by atoms with van der Waals surface area (Å²) in [7, 11) is 0. The fourth-order valence-electron chi connectivity index (χ4n) is 2.08. The molecular weight excluding hydrogens is 296 g/mol. The van der Waals surface area contributed by atoms with Crippen LogP contribution in [0.2, 0.25) is 5.02 Å². The second kappa shape index (κ2) is 8.54. The Bertz CT molecular complexity index is 584. The first kappa shape index (κ1) is 16.5. The molecule has 22 heavy (non-hydrogen) atoms. The lowest BCUT2D eigenvalue weighted by Gasteiger charge is -2.12. The lowest BCUT2D eigenvalue weighted by Crippen LogP contribution is -2.14. The maximum absolute atomic E-state index is 6.01.